The molecule has 0 bridgehead atoms. The number of benzene rings is 1. The van der Waals surface area contributed by atoms with E-state index in [0.717, 1.165) is 25.7 Å². The van der Waals surface area contributed by atoms with Gasteiger partial charge in [-0.25, -0.2) is 0 Å². The molecule has 0 aromatic heterocycles. The van der Waals surface area contributed by atoms with E-state index in [1.807, 2.05) is 12.3 Å². The third-order valence-corrected chi connectivity index (χ3v) is 4.54. The van der Waals surface area contributed by atoms with Crippen molar-refractivity contribution in [2.45, 2.75) is 37.7 Å². The number of nitrogens with one attached hydrogen (secondary N) is 1. The number of hydrogen-bond acceptors (Lipinski definition) is 5. The number of amidine groups is 1. The number of ether oxygens (including phenoxy) is 1. The summed E-state index contributed by atoms with van der Waals surface area (Å²) in [6.45, 7) is 0. The molecule has 1 aromatic carbocycles. The van der Waals surface area contributed by atoms with E-state index in [9.17, 15) is 10.1 Å². The van der Waals surface area contributed by atoms with Crippen molar-refractivity contribution in [2.24, 2.45) is 4.99 Å². The van der Waals surface area contributed by atoms with Crippen LogP contribution in [0, 0.1) is 21.6 Å². The molecule has 0 unspecified atom stereocenters. The minimum atomic E-state index is -0.441. The van der Waals surface area contributed by atoms with E-state index in [1.54, 1.807) is 13.1 Å². The first kappa shape index (κ1) is 16.0. The van der Waals surface area contributed by atoms with Gasteiger partial charge >= 0.3 is 0 Å². The number of rotatable bonds is 2. The topological polar surface area (TPSA) is 101 Å². The Kier molecular flexibility index (Phi) is 4.21. The second-order valence-electron chi connectivity index (χ2n) is 6.03. The number of non-ortho nitro benzene ring substituents is 1. The zero-order valence-corrected chi connectivity index (χ0v) is 13.4. The lowest BCUT2D eigenvalue weighted by molar-refractivity contribution is -0.384. The van der Waals surface area contributed by atoms with Gasteiger partial charge in [-0.15, -0.1) is 0 Å². The van der Waals surface area contributed by atoms with Crippen LogP contribution in [-0.2, 0) is 0 Å². The number of hydrogen-bond donors (Lipinski definition) is 1. The molecule has 0 amide bonds. The van der Waals surface area contributed by atoms with Crippen LogP contribution in [0.3, 0.4) is 0 Å². The van der Waals surface area contributed by atoms with Crippen LogP contribution >= 0.6 is 0 Å². The standard InChI is InChI=1S/C17H18N4O3/c1-19-16(20-11-18)14-10-17(7-3-2-4-8-17)24-15-6-5-12(21(22)23)9-13(14)15/h5-6,9-10H,2-4,7-8H2,1H3,(H,19,20). The molecule has 1 aromatic rings. The molecule has 1 spiro atoms. The van der Waals surface area contributed by atoms with E-state index in [1.165, 1.54) is 18.6 Å². The summed E-state index contributed by atoms with van der Waals surface area (Å²) < 4.78 is 6.23. The predicted molar refractivity (Wildman–Crippen MR) is 89.6 cm³/mol. The minimum absolute atomic E-state index is 0.0183. The number of fused-ring (bicyclic) bond motifs is 1. The molecule has 1 saturated carbocycles. The van der Waals surface area contributed by atoms with Gasteiger partial charge in [-0.1, -0.05) is 6.42 Å². The molecule has 1 aliphatic heterocycles. The zero-order chi connectivity index (χ0) is 17.2. The van der Waals surface area contributed by atoms with Gasteiger partial charge in [0.25, 0.3) is 5.69 Å². The molecular weight excluding hydrogens is 308 g/mol. The monoisotopic (exact) mass is 326 g/mol. The van der Waals surface area contributed by atoms with Crippen LogP contribution < -0.4 is 10.1 Å². The molecule has 7 nitrogen and oxygen atoms in total. The highest BCUT2D eigenvalue weighted by molar-refractivity contribution is 6.24. The second kappa shape index (κ2) is 6.32. The normalized spacial score (nSPS) is 18.8. The highest BCUT2D eigenvalue weighted by Crippen LogP contribution is 2.44. The number of nitro benzene ring substituents is 1. The number of nitriles is 1. The summed E-state index contributed by atoms with van der Waals surface area (Å²) in [5.74, 6) is 0.994. The molecule has 1 N–H and O–H groups in total. The van der Waals surface area contributed by atoms with Crippen LogP contribution in [0.25, 0.3) is 5.57 Å². The van der Waals surface area contributed by atoms with Gasteiger partial charge in [0, 0.05) is 30.3 Å². The SMILES string of the molecule is CN=C(NC#N)C1=CC2(CCCCC2)Oc2ccc([N+](=O)[O-])cc21. The first-order chi connectivity index (χ1) is 11.6. The van der Waals surface area contributed by atoms with E-state index in [-0.39, 0.29) is 5.69 Å². The van der Waals surface area contributed by atoms with Crippen molar-refractivity contribution < 1.29 is 9.66 Å². The smallest absolute Gasteiger partial charge is 0.270 e. The van der Waals surface area contributed by atoms with E-state index >= 15 is 0 Å². The molecule has 7 heteroatoms. The third kappa shape index (κ3) is 2.83. The Bertz CT molecular complexity index is 771. The van der Waals surface area contributed by atoms with Gasteiger partial charge < -0.3 is 4.74 Å². The quantitative estimate of drug-likeness (QED) is 0.225. The lowest BCUT2D eigenvalue weighted by Gasteiger charge is -2.39. The summed E-state index contributed by atoms with van der Waals surface area (Å²) in [6.07, 6.45) is 8.93. The van der Waals surface area contributed by atoms with Crippen LogP contribution in [0.2, 0.25) is 0 Å². The van der Waals surface area contributed by atoms with Gasteiger partial charge in [-0.3, -0.25) is 20.4 Å². The average molecular weight is 326 g/mol. The zero-order valence-electron chi connectivity index (χ0n) is 13.4. The molecule has 1 heterocycles. The second-order valence-corrected chi connectivity index (χ2v) is 6.03. The van der Waals surface area contributed by atoms with Crippen LogP contribution in [0.1, 0.15) is 37.7 Å². The summed E-state index contributed by atoms with van der Waals surface area (Å²) in [5, 5.41) is 22.7. The predicted octanol–water partition coefficient (Wildman–Crippen LogP) is 3.17. The Morgan fingerprint density at radius 3 is 2.79 bits per heavy atom. The largest absolute Gasteiger partial charge is 0.483 e. The summed E-state index contributed by atoms with van der Waals surface area (Å²) in [6, 6.07) is 4.55. The molecular formula is C17H18N4O3. The van der Waals surface area contributed by atoms with E-state index < -0.39 is 10.5 Å². The number of aliphatic imine (C=N–C) groups is 1. The molecule has 3 rings (SSSR count). The highest BCUT2D eigenvalue weighted by atomic mass is 16.6. The Labute approximate surface area is 139 Å². The first-order valence-corrected chi connectivity index (χ1v) is 7.91. The van der Waals surface area contributed by atoms with Gasteiger partial charge in [0.2, 0.25) is 0 Å². The summed E-state index contributed by atoms with van der Waals surface area (Å²) in [5.41, 5.74) is 0.828. The maximum Gasteiger partial charge on any atom is 0.270 e. The fraction of sp³-hybridized carbons (Fsp3) is 0.412. The van der Waals surface area contributed by atoms with Gasteiger partial charge in [-0.05, 0) is 37.8 Å². The van der Waals surface area contributed by atoms with Crippen molar-refractivity contribution in [3.8, 4) is 11.9 Å². The number of nitro groups is 1. The molecule has 0 saturated heterocycles. The van der Waals surface area contributed by atoms with Gasteiger partial charge in [0.1, 0.15) is 17.2 Å². The van der Waals surface area contributed by atoms with Crippen molar-refractivity contribution in [2.75, 3.05) is 7.05 Å². The lowest BCUT2D eigenvalue weighted by atomic mass is 9.80. The van der Waals surface area contributed by atoms with Crippen LogP contribution in [0.15, 0.2) is 29.3 Å². The fourth-order valence-corrected chi connectivity index (χ4v) is 3.41. The van der Waals surface area contributed by atoms with Crippen molar-refractivity contribution in [1.29, 1.82) is 5.26 Å². The van der Waals surface area contributed by atoms with Gasteiger partial charge in [0.05, 0.1) is 4.92 Å². The fourth-order valence-electron chi connectivity index (χ4n) is 3.41. The van der Waals surface area contributed by atoms with Crippen molar-refractivity contribution in [3.63, 3.8) is 0 Å². The molecule has 1 aliphatic carbocycles. The van der Waals surface area contributed by atoms with Crippen LogP contribution in [0.4, 0.5) is 5.69 Å². The maximum atomic E-state index is 11.1. The van der Waals surface area contributed by atoms with Crippen molar-refractivity contribution in [3.05, 3.63) is 40.0 Å². The third-order valence-electron chi connectivity index (χ3n) is 4.54. The molecule has 2 aliphatic rings. The minimum Gasteiger partial charge on any atom is -0.483 e. The van der Waals surface area contributed by atoms with E-state index in [0.29, 0.717) is 22.7 Å². The van der Waals surface area contributed by atoms with E-state index in [2.05, 4.69) is 10.3 Å². The van der Waals surface area contributed by atoms with Crippen molar-refractivity contribution >= 4 is 17.1 Å². The average Bonchev–Trinajstić information content (AvgIpc) is 2.59. The van der Waals surface area contributed by atoms with Gasteiger partial charge in [0.15, 0.2) is 6.19 Å². The Balaban J connectivity index is 2.14. The Hall–Kier alpha value is -2.88. The van der Waals surface area contributed by atoms with Gasteiger partial charge in [-0.2, -0.15) is 5.26 Å². The molecule has 124 valence electrons. The Morgan fingerprint density at radius 2 is 2.17 bits per heavy atom. The van der Waals surface area contributed by atoms with Crippen LogP contribution in [-0.4, -0.2) is 23.4 Å². The highest BCUT2D eigenvalue weighted by Gasteiger charge is 2.38. The summed E-state index contributed by atoms with van der Waals surface area (Å²) in [4.78, 5) is 14.8. The summed E-state index contributed by atoms with van der Waals surface area (Å²) >= 11 is 0. The molecule has 24 heavy (non-hydrogen) atoms. The molecule has 1 fully saturated rings. The summed E-state index contributed by atoms with van der Waals surface area (Å²) in [7, 11) is 1.58. The first-order valence-electron chi connectivity index (χ1n) is 7.91. The maximum absolute atomic E-state index is 11.1. The molecule has 0 atom stereocenters. The van der Waals surface area contributed by atoms with E-state index in [4.69, 9.17) is 10.00 Å². The molecule has 0 radical (unpaired) electrons. The van der Waals surface area contributed by atoms with Crippen LogP contribution in [0.5, 0.6) is 5.75 Å². The van der Waals surface area contributed by atoms with Crippen molar-refractivity contribution in [1.82, 2.24) is 5.32 Å². The number of nitrogens with zero attached hydrogens (tertiary/aromatic N) is 3. The lowest BCUT2D eigenvalue weighted by Crippen LogP contribution is -2.40. The Morgan fingerprint density at radius 1 is 1.42 bits per heavy atom.